The number of pyridine rings is 1. The zero-order valence-electron chi connectivity index (χ0n) is 13.6. The summed E-state index contributed by atoms with van der Waals surface area (Å²) in [6.45, 7) is 2.30. The number of amides is 1. The van der Waals surface area contributed by atoms with Gasteiger partial charge in [0.2, 0.25) is 6.79 Å². The lowest BCUT2D eigenvalue weighted by Gasteiger charge is -2.07. The highest BCUT2D eigenvalue weighted by molar-refractivity contribution is 5.95. The molecule has 0 bridgehead atoms. The summed E-state index contributed by atoms with van der Waals surface area (Å²) >= 11 is 0. The Balaban J connectivity index is 1.54. The summed E-state index contributed by atoms with van der Waals surface area (Å²) in [5.41, 5.74) is 2.64. The van der Waals surface area contributed by atoms with Gasteiger partial charge in [-0.1, -0.05) is 11.6 Å². The Bertz CT molecular complexity index is 1040. The number of nitrogens with one attached hydrogen (secondary N) is 2. The van der Waals surface area contributed by atoms with Crippen molar-refractivity contribution in [2.24, 2.45) is 0 Å². The molecular formula is C19H16N2O4. The predicted molar refractivity (Wildman–Crippen MR) is 93.0 cm³/mol. The molecule has 0 saturated carbocycles. The fraction of sp³-hybridized carbons (Fsp3) is 0.158. The third-order valence-electron chi connectivity index (χ3n) is 4.15. The summed E-state index contributed by atoms with van der Waals surface area (Å²) in [5, 5.41) is 3.71. The van der Waals surface area contributed by atoms with Crippen LogP contribution in [0.2, 0.25) is 0 Å². The first kappa shape index (κ1) is 15.3. The van der Waals surface area contributed by atoms with Crippen molar-refractivity contribution in [2.45, 2.75) is 13.5 Å². The van der Waals surface area contributed by atoms with Crippen LogP contribution in [0.4, 0.5) is 0 Å². The Morgan fingerprint density at radius 1 is 1.12 bits per heavy atom. The summed E-state index contributed by atoms with van der Waals surface area (Å²) in [4.78, 5) is 27.3. The van der Waals surface area contributed by atoms with Crippen LogP contribution in [0.15, 0.2) is 47.3 Å². The number of carbonyl (C=O) groups is 1. The Kier molecular flexibility index (Phi) is 3.65. The minimum atomic E-state index is -0.276. The van der Waals surface area contributed by atoms with Gasteiger partial charge < -0.3 is 19.8 Å². The first-order valence-corrected chi connectivity index (χ1v) is 7.90. The summed E-state index contributed by atoms with van der Waals surface area (Å²) in [5.74, 6) is 0.895. The SMILES string of the molecule is Cc1ccc2[nH]c(=O)c(CNC(=O)c3ccc4c(c3)OCO4)cc2c1. The largest absolute Gasteiger partial charge is 0.454 e. The molecule has 126 valence electrons. The molecule has 0 atom stereocenters. The molecule has 0 saturated heterocycles. The molecule has 25 heavy (non-hydrogen) atoms. The van der Waals surface area contributed by atoms with E-state index in [1.807, 2.05) is 25.1 Å². The van der Waals surface area contributed by atoms with Crippen molar-refractivity contribution in [3.05, 3.63) is 69.5 Å². The van der Waals surface area contributed by atoms with E-state index in [2.05, 4.69) is 10.3 Å². The molecule has 6 nitrogen and oxygen atoms in total. The number of H-pyrrole nitrogens is 1. The molecule has 1 aliphatic heterocycles. The van der Waals surface area contributed by atoms with E-state index in [0.29, 0.717) is 22.6 Å². The number of hydrogen-bond donors (Lipinski definition) is 2. The molecule has 2 aromatic carbocycles. The molecule has 6 heteroatoms. The van der Waals surface area contributed by atoms with Crippen molar-refractivity contribution in [1.29, 1.82) is 0 Å². The van der Waals surface area contributed by atoms with Crippen LogP contribution in [0.3, 0.4) is 0 Å². The lowest BCUT2D eigenvalue weighted by Crippen LogP contribution is -2.26. The van der Waals surface area contributed by atoms with Gasteiger partial charge in [0.25, 0.3) is 11.5 Å². The maximum Gasteiger partial charge on any atom is 0.253 e. The quantitative estimate of drug-likeness (QED) is 0.770. The minimum Gasteiger partial charge on any atom is -0.454 e. The molecule has 0 aliphatic carbocycles. The van der Waals surface area contributed by atoms with Crippen molar-refractivity contribution in [2.75, 3.05) is 6.79 Å². The number of rotatable bonds is 3. The molecule has 1 aromatic heterocycles. The number of ether oxygens (including phenoxy) is 2. The summed E-state index contributed by atoms with van der Waals surface area (Å²) in [6, 6.07) is 12.6. The zero-order chi connectivity index (χ0) is 17.4. The molecule has 1 amide bonds. The van der Waals surface area contributed by atoms with Crippen LogP contribution in [0.1, 0.15) is 21.5 Å². The van der Waals surface area contributed by atoms with Gasteiger partial charge in [0.1, 0.15) is 0 Å². The van der Waals surface area contributed by atoms with Gasteiger partial charge in [-0.05, 0) is 48.7 Å². The highest BCUT2D eigenvalue weighted by Crippen LogP contribution is 2.32. The molecule has 0 unspecified atom stereocenters. The third kappa shape index (κ3) is 2.94. The Labute approximate surface area is 143 Å². The van der Waals surface area contributed by atoms with Gasteiger partial charge in [0.05, 0.1) is 0 Å². The van der Waals surface area contributed by atoms with Crippen molar-refractivity contribution >= 4 is 16.8 Å². The van der Waals surface area contributed by atoms with Gasteiger partial charge in [-0.15, -0.1) is 0 Å². The molecule has 3 aromatic rings. The van der Waals surface area contributed by atoms with E-state index < -0.39 is 0 Å². The van der Waals surface area contributed by atoms with E-state index in [1.54, 1.807) is 24.3 Å². The predicted octanol–water partition coefficient (Wildman–Crippen LogP) is 2.50. The highest BCUT2D eigenvalue weighted by Gasteiger charge is 2.16. The van der Waals surface area contributed by atoms with Crippen LogP contribution in [0.5, 0.6) is 11.5 Å². The molecule has 0 fully saturated rings. The number of carbonyl (C=O) groups excluding carboxylic acids is 1. The maximum absolute atomic E-state index is 12.3. The van der Waals surface area contributed by atoms with E-state index in [1.165, 1.54) is 0 Å². The van der Waals surface area contributed by atoms with Crippen LogP contribution < -0.4 is 20.3 Å². The second-order valence-corrected chi connectivity index (χ2v) is 5.97. The van der Waals surface area contributed by atoms with Gasteiger partial charge >= 0.3 is 0 Å². The van der Waals surface area contributed by atoms with Gasteiger partial charge in [-0.3, -0.25) is 9.59 Å². The van der Waals surface area contributed by atoms with Crippen LogP contribution >= 0.6 is 0 Å². The first-order valence-electron chi connectivity index (χ1n) is 7.90. The maximum atomic E-state index is 12.3. The normalized spacial score (nSPS) is 12.4. The van der Waals surface area contributed by atoms with Crippen molar-refractivity contribution in [3.8, 4) is 11.5 Å². The van der Waals surface area contributed by atoms with Crippen LogP contribution in [-0.4, -0.2) is 17.7 Å². The van der Waals surface area contributed by atoms with E-state index in [0.717, 1.165) is 16.5 Å². The molecule has 0 radical (unpaired) electrons. The van der Waals surface area contributed by atoms with Gasteiger partial charge in [-0.25, -0.2) is 0 Å². The lowest BCUT2D eigenvalue weighted by atomic mass is 10.1. The van der Waals surface area contributed by atoms with Crippen LogP contribution in [0.25, 0.3) is 10.9 Å². The number of aromatic amines is 1. The summed E-state index contributed by atoms with van der Waals surface area (Å²) < 4.78 is 10.5. The minimum absolute atomic E-state index is 0.145. The number of hydrogen-bond acceptors (Lipinski definition) is 4. The average molecular weight is 336 g/mol. The number of benzene rings is 2. The zero-order valence-corrected chi connectivity index (χ0v) is 13.6. The van der Waals surface area contributed by atoms with Gasteiger partial charge in [0, 0.05) is 23.2 Å². The van der Waals surface area contributed by atoms with E-state index >= 15 is 0 Å². The van der Waals surface area contributed by atoms with Crippen LogP contribution in [0, 0.1) is 6.92 Å². The average Bonchev–Trinajstić information content (AvgIpc) is 3.07. The van der Waals surface area contributed by atoms with Gasteiger partial charge in [-0.2, -0.15) is 0 Å². The third-order valence-corrected chi connectivity index (χ3v) is 4.15. The Morgan fingerprint density at radius 2 is 1.96 bits per heavy atom. The van der Waals surface area contributed by atoms with Crippen molar-refractivity contribution < 1.29 is 14.3 Å². The number of fused-ring (bicyclic) bond motifs is 2. The molecule has 4 rings (SSSR count). The topological polar surface area (TPSA) is 80.4 Å². The van der Waals surface area contributed by atoms with E-state index in [-0.39, 0.29) is 24.8 Å². The molecular weight excluding hydrogens is 320 g/mol. The molecule has 2 heterocycles. The van der Waals surface area contributed by atoms with Crippen LogP contribution in [-0.2, 0) is 6.54 Å². The number of aromatic nitrogens is 1. The highest BCUT2D eigenvalue weighted by atomic mass is 16.7. The standard InChI is InChI=1S/C19H16N2O4/c1-11-2-4-15-13(6-11)7-14(19(23)21-15)9-20-18(22)12-3-5-16-17(8-12)25-10-24-16/h2-8H,9-10H2,1H3,(H,20,22)(H,21,23). The number of aryl methyl sites for hydroxylation is 1. The Hall–Kier alpha value is -3.28. The fourth-order valence-electron chi connectivity index (χ4n) is 2.82. The van der Waals surface area contributed by atoms with Crippen molar-refractivity contribution in [3.63, 3.8) is 0 Å². The summed E-state index contributed by atoms with van der Waals surface area (Å²) in [7, 11) is 0. The van der Waals surface area contributed by atoms with Crippen molar-refractivity contribution in [1.82, 2.24) is 10.3 Å². The lowest BCUT2D eigenvalue weighted by molar-refractivity contribution is 0.0950. The van der Waals surface area contributed by atoms with Gasteiger partial charge in [0.15, 0.2) is 11.5 Å². The molecule has 0 spiro atoms. The molecule has 1 aliphatic rings. The van der Waals surface area contributed by atoms with E-state index in [4.69, 9.17) is 9.47 Å². The Morgan fingerprint density at radius 3 is 2.84 bits per heavy atom. The second-order valence-electron chi connectivity index (χ2n) is 5.97. The first-order chi connectivity index (χ1) is 12.1. The fourth-order valence-corrected chi connectivity index (χ4v) is 2.82. The van der Waals surface area contributed by atoms with E-state index in [9.17, 15) is 9.59 Å². The monoisotopic (exact) mass is 336 g/mol. The second kappa shape index (κ2) is 5.98. The summed E-state index contributed by atoms with van der Waals surface area (Å²) in [6.07, 6.45) is 0. The molecule has 2 N–H and O–H groups in total. The smallest absolute Gasteiger partial charge is 0.253 e.